The molecule has 0 aromatic heterocycles. The summed E-state index contributed by atoms with van der Waals surface area (Å²) in [6.45, 7) is 7.00. The maximum absolute atomic E-state index is 12.4. The first-order valence-electron chi connectivity index (χ1n) is 10.7. The van der Waals surface area contributed by atoms with Crippen LogP contribution in [-0.4, -0.2) is 62.4 Å². The number of carbonyl (C=O) groups is 1. The molecule has 1 aliphatic carbocycles. The Morgan fingerprint density at radius 1 is 1.07 bits per heavy atom. The topological polar surface area (TPSA) is 60.0 Å². The number of nitrogens with zero attached hydrogens (tertiary/aromatic N) is 1. The van der Waals surface area contributed by atoms with E-state index in [1.165, 1.54) is 19.3 Å². The molecule has 0 radical (unpaired) electrons. The van der Waals surface area contributed by atoms with Crippen molar-refractivity contribution < 1.29 is 19.0 Å². The highest BCUT2D eigenvalue weighted by atomic mass is 16.5. The fourth-order valence-electron chi connectivity index (χ4n) is 4.17. The van der Waals surface area contributed by atoms with Gasteiger partial charge in [-0.25, -0.2) is 0 Å². The second kappa shape index (κ2) is 10.7. The summed E-state index contributed by atoms with van der Waals surface area (Å²) >= 11 is 0. The van der Waals surface area contributed by atoms with Gasteiger partial charge in [-0.1, -0.05) is 26.2 Å². The molecule has 3 rings (SSSR count). The average Bonchev–Trinajstić information content (AvgIpc) is 2.77. The largest absolute Gasteiger partial charge is 0.494 e. The second-order valence-electron chi connectivity index (χ2n) is 7.77. The molecule has 0 bridgehead atoms. The van der Waals surface area contributed by atoms with Gasteiger partial charge in [-0.05, 0) is 43.5 Å². The molecule has 1 aromatic rings. The number of benzene rings is 1. The maximum Gasteiger partial charge on any atom is 0.258 e. The molecule has 0 unspecified atom stereocenters. The lowest BCUT2D eigenvalue weighted by Crippen LogP contribution is -2.60. The van der Waals surface area contributed by atoms with Crippen LogP contribution in [-0.2, 0) is 9.53 Å². The van der Waals surface area contributed by atoms with Crippen molar-refractivity contribution >= 4 is 5.91 Å². The molecule has 28 heavy (non-hydrogen) atoms. The van der Waals surface area contributed by atoms with E-state index in [9.17, 15) is 4.79 Å². The predicted octanol–water partition coefficient (Wildman–Crippen LogP) is 3.01. The van der Waals surface area contributed by atoms with E-state index in [2.05, 4.69) is 17.1 Å². The Labute approximate surface area is 168 Å². The lowest BCUT2D eigenvalue weighted by molar-refractivity contribution is -0.124. The summed E-state index contributed by atoms with van der Waals surface area (Å²) in [5, 5.41) is 3.13. The zero-order valence-corrected chi connectivity index (χ0v) is 17.1. The fourth-order valence-corrected chi connectivity index (χ4v) is 4.17. The predicted molar refractivity (Wildman–Crippen MR) is 109 cm³/mol. The summed E-state index contributed by atoms with van der Waals surface area (Å²) in [4.78, 5) is 14.9. The Hall–Kier alpha value is -1.79. The van der Waals surface area contributed by atoms with E-state index >= 15 is 0 Å². The number of hydrogen-bond acceptors (Lipinski definition) is 5. The first-order valence-corrected chi connectivity index (χ1v) is 10.7. The van der Waals surface area contributed by atoms with Crippen LogP contribution in [0.15, 0.2) is 24.3 Å². The SMILES string of the molecule is CCCOc1ccc(OCC(=O)NCC2(N3CCOCC3)CCCCC2)cc1. The average molecular weight is 391 g/mol. The van der Waals surface area contributed by atoms with E-state index in [-0.39, 0.29) is 18.1 Å². The quantitative estimate of drug-likeness (QED) is 0.702. The number of rotatable bonds is 9. The van der Waals surface area contributed by atoms with Crippen molar-refractivity contribution in [2.24, 2.45) is 0 Å². The van der Waals surface area contributed by atoms with Crippen molar-refractivity contribution in [3.8, 4) is 11.5 Å². The molecular weight excluding hydrogens is 356 g/mol. The van der Waals surface area contributed by atoms with E-state index in [0.717, 1.165) is 51.3 Å². The van der Waals surface area contributed by atoms with Gasteiger partial charge >= 0.3 is 0 Å². The zero-order chi connectivity index (χ0) is 19.7. The molecule has 1 aromatic carbocycles. The van der Waals surface area contributed by atoms with Gasteiger partial charge in [0, 0.05) is 25.2 Å². The van der Waals surface area contributed by atoms with Gasteiger partial charge in [0.1, 0.15) is 11.5 Å². The van der Waals surface area contributed by atoms with Crippen LogP contribution in [0.5, 0.6) is 11.5 Å². The van der Waals surface area contributed by atoms with Crippen molar-refractivity contribution in [1.82, 2.24) is 10.2 Å². The van der Waals surface area contributed by atoms with Gasteiger partial charge in [-0.15, -0.1) is 0 Å². The molecule has 2 aliphatic rings. The van der Waals surface area contributed by atoms with Gasteiger partial charge in [0.15, 0.2) is 6.61 Å². The third-order valence-electron chi connectivity index (χ3n) is 5.75. The van der Waals surface area contributed by atoms with Gasteiger partial charge < -0.3 is 19.5 Å². The molecule has 1 amide bonds. The van der Waals surface area contributed by atoms with Crippen LogP contribution in [0, 0.1) is 0 Å². The molecule has 6 nitrogen and oxygen atoms in total. The van der Waals surface area contributed by atoms with Crippen molar-refractivity contribution in [1.29, 1.82) is 0 Å². The molecule has 156 valence electrons. The van der Waals surface area contributed by atoms with Crippen LogP contribution in [0.1, 0.15) is 45.4 Å². The number of hydrogen-bond donors (Lipinski definition) is 1. The molecule has 1 saturated carbocycles. The summed E-state index contributed by atoms with van der Waals surface area (Å²) in [6.07, 6.45) is 7.03. The summed E-state index contributed by atoms with van der Waals surface area (Å²) in [5.74, 6) is 1.44. The van der Waals surface area contributed by atoms with Gasteiger partial charge in [0.25, 0.3) is 5.91 Å². The molecule has 0 atom stereocenters. The Kier molecular flexibility index (Phi) is 7.98. The first kappa shape index (κ1) is 20.9. The van der Waals surface area contributed by atoms with Crippen molar-refractivity contribution in [3.05, 3.63) is 24.3 Å². The monoisotopic (exact) mass is 390 g/mol. The highest BCUT2D eigenvalue weighted by Crippen LogP contribution is 2.33. The summed E-state index contributed by atoms with van der Waals surface area (Å²) in [7, 11) is 0. The second-order valence-corrected chi connectivity index (χ2v) is 7.77. The lowest BCUT2D eigenvalue weighted by Gasteiger charge is -2.48. The van der Waals surface area contributed by atoms with Crippen LogP contribution >= 0.6 is 0 Å². The first-order chi connectivity index (χ1) is 13.7. The Morgan fingerprint density at radius 2 is 1.71 bits per heavy atom. The Balaban J connectivity index is 1.46. The highest BCUT2D eigenvalue weighted by Gasteiger charge is 2.38. The number of carbonyl (C=O) groups excluding carboxylic acids is 1. The van der Waals surface area contributed by atoms with Crippen LogP contribution in [0.2, 0.25) is 0 Å². The molecule has 1 heterocycles. The van der Waals surface area contributed by atoms with Crippen LogP contribution in [0.4, 0.5) is 0 Å². The Morgan fingerprint density at radius 3 is 2.36 bits per heavy atom. The normalized spacial score (nSPS) is 19.8. The van der Waals surface area contributed by atoms with E-state index in [1.807, 2.05) is 24.3 Å². The minimum Gasteiger partial charge on any atom is -0.494 e. The number of morpholine rings is 1. The molecule has 1 aliphatic heterocycles. The minimum absolute atomic E-state index is 0.0361. The van der Waals surface area contributed by atoms with E-state index in [0.29, 0.717) is 18.9 Å². The van der Waals surface area contributed by atoms with Crippen LogP contribution < -0.4 is 14.8 Å². The van der Waals surface area contributed by atoms with Crippen LogP contribution in [0.25, 0.3) is 0 Å². The van der Waals surface area contributed by atoms with Crippen LogP contribution in [0.3, 0.4) is 0 Å². The van der Waals surface area contributed by atoms with Gasteiger partial charge in [0.05, 0.1) is 19.8 Å². The molecule has 0 spiro atoms. The molecule has 1 N–H and O–H groups in total. The van der Waals surface area contributed by atoms with Crippen molar-refractivity contribution in [3.63, 3.8) is 0 Å². The Bertz CT molecular complexity index is 593. The van der Waals surface area contributed by atoms with Crippen molar-refractivity contribution in [2.45, 2.75) is 51.0 Å². The standard InChI is InChI=1S/C22H34N2O4/c1-2-14-27-19-6-8-20(9-7-19)28-17-21(25)23-18-22(10-4-3-5-11-22)24-12-15-26-16-13-24/h6-9H,2-5,10-18H2,1H3,(H,23,25). The third kappa shape index (κ3) is 5.85. The van der Waals surface area contributed by atoms with E-state index in [4.69, 9.17) is 14.2 Å². The molecule has 2 fully saturated rings. The fraction of sp³-hybridized carbons (Fsp3) is 0.682. The van der Waals surface area contributed by atoms with Gasteiger partial charge in [0.2, 0.25) is 0 Å². The summed E-state index contributed by atoms with van der Waals surface area (Å²) in [6, 6.07) is 7.43. The summed E-state index contributed by atoms with van der Waals surface area (Å²) < 4.78 is 16.7. The maximum atomic E-state index is 12.4. The highest BCUT2D eigenvalue weighted by molar-refractivity contribution is 5.77. The molecule has 6 heteroatoms. The number of nitrogens with one attached hydrogen (secondary N) is 1. The molecule has 1 saturated heterocycles. The zero-order valence-electron chi connectivity index (χ0n) is 17.1. The van der Waals surface area contributed by atoms with E-state index in [1.54, 1.807) is 0 Å². The summed E-state index contributed by atoms with van der Waals surface area (Å²) in [5.41, 5.74) is 0.0793. The number of ether oxygens (including phenoxy) is 3. The number of amides is 1. The smallest absolute Gasteiger partial charge is 0.258 e. The lowest BCUT2D eigenvalue weighted by atomic mass is 9.79. The van der Waals surface area contributed by atoms with Crippen molar-refractivity contribution in [2.75, 3.05) is 46.1 Å². The van der Waals surface area contributed by atoms with Gasteiger partial charge in [-0.3, -0.25) is 9.69 Å². The molecular formula is C22H34N2O4. The van der Waals surface area contributed by atoms with Gasteiger partial charge in [-0.2, -0.15) is 0 Å². The van der Waals surface area contributed by atoms with E-state index < -0.39 is 0 Å². The minimum atomic E-state index is -0.0653. The third-order valence-corrected chi connectivity index (χ3v) is 5.75.